The number of likely N-dealkylation sites (tertiary alicyclic amines) is 1. The molecule has 0 radical (unpaired) electrons. The van der Waals surface area contributed by atoms with E-state index in [0.29, 0.717) is 19.4 Å². The largest absolute Gasteiger partial charge is 0.465 e. The third kappa shape index (κ3) is 2.95. The smallest absolute Gasteiger partial charge is 0.326 e. The van der Waals surface area contributed by atoms with Gasteiger partial charge in [0.15, 0.2) is 0 Å². The number of piperidine rings is 1. The molecular weight excluding hydrogens is 204 g/mol. The highest BCUT2D eigenvalue weighted by Gasteiger charge is 2.40. The van der Waals surface area contributed by atoms with Crippen LogP contribution in [-0.2, 0) is 9.53 Å². The van der Waals surface area contributed by atoms with Crippen molar-refractivity contribution in [3.63, 3.8) is 0 Å². The summed E-state index contributed by atoms with van der Waals surface area (Å²) >= 11 is 0. The fourth-order valence-corrected chi connectivity index (χ4v) is 2.06. The van der Waals surface area contributed by atoms with Gasteiger partial charge in [0.1, 0.15) is 5.54 Å². The first kappa shape index (κ1) is 13.5. The van der Waals surface area contributed by atoms with Crippen molar-refractivity contribution in [3.8, 4) is 0 Å². The van der Waals surface area contributed by atoms with Crippen LogP contribution >= 0.6 is 0 Å². The van der Waals surface area contributed by atoms with Crippen molar-refractivity contribution in [2.24, 2.45) is 5.73 Å². The van der Waals surface area contributed by atoms with Crippen molar-refractivity contribution in [3.05, 3.63) is 0 Å². The Morgan fingerprint density at radius 3 is 2.25 bits per heavy atom. The normalized spacial score (nSPS) is 21.8. The molecule has 2 N–H and O–H groups in total. The number of nitrogens with two attached hydrogens (primary N) is 1. The van der Waals surface area contributed by atoms with Crippen molar-refractivity contribution in [1.29, 1.82) is 0 Å². The molecule has 0 aromatic rings. The van der Waals surface area contributed by atoms with E-state index >= 15 is 0 Å². The predicted octanol–water partition coefficient (Wildman–Crippen LogP) is 1.14. The Labute approximate surface area is 98.1 Å². The van der Waals surface area contributed by atoms with Gasteiger partial charge in [0, 0.05) is 18.6 Å². The molecule has 16 heavy (non-hydrogen) atoms. The van der Waals surface area contributed by atoms with Gasteiger partial charge in [0.05, 0.1) is 6.61 Å². The van der Waals surface area contributed by atoms with E-state index < -0.39 is 5.54 Å². The lowest BCUT2D eigenvalue weighted by atomic mass is 9.86. The molecule has 0 saturated carbocycles. The summed E-state index contributed by atoms with van der Waals surface area (Å²) in [6.07, 6.45) is 1.37. The summed E-state index contributed by atoms with van der Waals surface area (Å²) in [6, 6.07) is 0. The van der Waals surface area contributed by atoms with Gasteiger partial charge in [-0.05, 0) is 40.5 Å². The van der Waals surface area contributed by atoms with Gasteiger partial charge in [-0.25, -0.2) is 0 Å². The van der Waals surface area contributed by atoms with E-state index in [9.17, 15) is 4.79 Å². The van der Waals surface area contributed by atoms with Crippen LogP contribution in [0.4, 0.5) is 0 Å². The molecule has 0 amide bonds. The minimum atomic E-state index is -0.766. The van der Waals surface area contributed by atoms with Gasteiger partial charge < -0.3 is 10.5 Å². The molecule has 4 nitrogen and oxygen atoms in total. The number of rotatable bonds is 2. The molecule has 1 fully saturated rings. The Morgan fingerprint density at radius 2 is 1.88 bits per heavy atom. The molecule has 0 spiro atoms. The zero-order valence-corrected chi connectivity index (χ0v) is 10.9. The lowest BCUT2D eigenvalue weighted by Crippen LogP contribution is -2.59. The fourth-order valence-electron chi connectivity index (χ4n) is 2.06. The van der Waals surface area contributed by atoms with E-state index in [0.717, 1.165) is 13.1 Å². The molecule has 0 atom stereocenters. The molecule has 1 rings (SSSR count). The monoisotopic (exact) mass is 228 g/mol. The van der Waals surface area contributed by atoms with Crippen molar-refractivity contribution in [2.75, 3.05) is 19.7 Å². The van der Waals surface area contributed by atoms with Gasteiger partial charge in [-0.1, -0.05) is 0 Å². The SMILES string of the molecule is CCOC(=O)C1(N)CCN(C(C)(C)C)CC1. The van der Waals surface area contributed by atoms with Crippen LogP contribution in [0.5, 0.6) is 0 Å². The van der Waals surface area contributed by atoms with Crippen LogP contribution < -0.4 is 5.73 Å². The van der Waals surface area contributed by atoms with E-state index in [4.69, 9.17) is 10.5 Å². The minimum Gasteiger partial charge on any atom is -0.465 e. The lowest BCUT2D eigenvalue weighted by Gasteiger charge is -2.43. The second-order valence-corrected chi connectivity index (χ2v) is 5.53. The number of hydrogen-bond acceptors (Lipinski definition) is 4. The van der Waals surface area contributed by atoms with Crippen LogP contribution in [0.1, 0.15) is 40.5 Å². The zero-order chi connectivity index (χ0) is 12.4. The second kappa shape index (κ2) is 4.72. The molecule has 1 aliphatic heterocycles. The number of ether oxygens (including phenoxy) is 1. The summed E-state index contributed by atoms with van der Waals surface area (Å²) in [4.78, 5) is 14.1. The van der Waals surface area contributed by atoms with Gasteiger partial charge in [-0.2, -0.15) is 0 Å². The molecule has 0 aromatic heterocycles. The van der Waals surface area contributed by atoms with Crippen molar-refractivity contribution in [1.82, 2.24) is 4.90 Å². The Kier molecular flexibility index (Phi) is 3.97. The Bertz CT molecular complexity index is 250. The summed E-state index contributed by atoms with van der Waals surface area (Å²) in [5.74, 6) is -0.247. The summed E-state index contributed by atoms with van der Waals surface area (Å²) in [6.45, 7) is 10.5. The Morgan fingerprint density at radius 1 is 1.38 bits per heavy atom. The van der Waals surface area contributed by atoms with Crippen molar-refractivity contribution < 1.29 is 9.53 Å². The van der Waals surface area contributed by atoms with Crippen LogP contribution in [0.2, 0.25) is 0 Å². The zero-order valence-electron chi connectivity index (χ0n) is 10.9. The van der Waals surface area contributed by atoms with Crippen LogP contribution in [0, 0.1) is 0 Å². The van der Waals surface area contributed by atoms with Gasteiger partial charge in [-0.3, -0.25) is 9.69 Å². The maximum atomic E-state index is 11.7. The van der Waals surface area contributed by atoms with E-state index in [1.54, 1.807) is 0 Å². The molecule has 4 heteroatoms. The summed E-state index contributed by atoms with van der Waals surface area (Å²) < 4.78 is 5.02. The van der Waals surface area contributed by atoms with Crippen molar-refractivity contribution >= 4 is 5.97 Å². The van der Waals surface area contributed by atoms with E-state index in [-0.39, 0.29) is 11.5 Å². The average Bonchev–Trinajstić information content (AvgIpc) is 2.17. The maximum Gasteiger partial charge on any atom is 0.326 e. The predicted molar refractivity (Wildman–Crippen MR) is 64.1 cm³/mol. The third-order valence-corrected chi connectivity index (χ3v) is 3.29. The molecule has 1 saturated heterocycles. The van der Waals surface area contributed by atoms with Crippen LogP contribution in [-0.4, -0.2) is 41.6 Å². The Hall–Kier alpha value is -0.610. The van der Waals surface area contributed by atoms with Gasteiger partial charge in [0.2, 0.25) is 0 Å². The number of nitrogens with zero attached hydrogens (tertiary/aromatic N) is 1. The Balaban J connectivity index is 2.56. The molecule has 0 bridgehead atoms. The highest BCUT2D eigenvalue weighted by atomic mass is 16.5. The van der Waals surface area contributed by atoms with Crippen molar-refractivity contribution in [2.45, 2.75) is 51.6 Å². The third-order valence-electron chi connectivity index (χ3n) is 3.29. The first-order valence-electron chi connectivity index (χ1n) is 6.01. The molecule has 1 aliphatic rings. The topological polar surface area (TPSA) is 55.6 Å². The maximum absolute atomic E-state index is 11.7. The number of esters is 1. The number of carbonyl (C=O) groups excluding carboxylic acids is 1. The van der Waals surface area contributed by atoms with Crippen LogP contribution in [0.3, 0.4) is 0 Å². The first-order valence-corrected chi connectivity index (χ1v) is 6.01. The molecule has 0 aliphatic carbocycles. The average molecular weight is 228 g/mol. The summed E-state index contributed by atoms with van der Waals surface area (Å²) in [7, 11) is 0. The minimum absolute atomic E-state index is 0.149. The van der Waals surface area contributed by atoms with E-state index in [1.165, 1.54) is 0 Å². The lowest BCUT2D eigenvalue weighted by molar-refractivity contribution is -0.152. The van der Waals surface area contributed by atoms with Gasteiger partial charge in [-0.15, -0.1) is 0 Å². The van der Waals surface area contributed by atoms with E-state index in [1.807, 2.05) is 6.92 Å². The highest BCUT2D eigenvalue weighted by Crippen LogP contribution is 2.26. The highest BCUT2D eigenvalue weighted by molar-refractivity contribution is 5.80. The molecule has 0 aromatic carbocycles. The fraction of sp³-hybridized carbons (Fsp3) is 0.917. The summed E-state index contributed by atoms with van der Waals surface area (Å²) in [5.41, 5.74) is 5.48. The van der Waals surface area contributed by atoms with Gasteiger partial charge in [0.25, 0.3) is 0 Å². The molecular formula is C12H24N2O2. The second-order valence-electron chi connectivity index (χ2n) is 5.53. The number of hydrogen-bond donors (Lipinski definition) is 1. The summed E-state index contributed by atoms with van der Waals surface area (Å²) in [5, 5.41) is 0. The van der Waals surface area contributed by atoms with Gasteiger partial charge >= 0.3 is 5.97 Å². The van der Waals surface area contributed by atoms with Crippen LogP contribution in [0.25, 0.3) is 0 Å². The van der Waals surface area contributed by atoms with E-state index in [2.05, 4.69) is 25.7 Å². The first-order chi connectivity index (χ1) is 7.29. The quantitative estimate of drug-likeness (QED) is 0.720. The van der Waals surface area contributed by atoms with Crippen LogP contribution in [0.15, 0.2) is 0 Å². The number of carbonyl (C=O) groups is 1. The standard InChI is InChI=1S/C12H24N2O2/c1-5-16-10(15)12(13)6-8-14(9-7-12)11(2,3)4/h5-9,13H2,1-4H3. The molecule has 94 valence electrons. The molecule has 1 heterocycles. The molecule has 0 unspecified atom stereocenters.